The summed E-state index contributed by atoms with van der Waals surface area (Å²) in [6, 6.07) is 10.9. The minimum atomic E-state index is -0.820. The SMILES string of the molecule is COc1nc(-c2ccnc(-c3cccc(NC(=O)c4ccc(CN(CCO)C(=O)OC(C)(C)C)cn4)c3C)c2Cl)cc(F)c1CN(C[C@@H]1CCC(=O)N1)C(=O)OC(C)(C)C. The topological polar surface area (TPSA) is 185 Å². The molecule has 4 aromatic rings. The highest BCUT2D eigenvalue weighted by Crippen LogP contribution is 2.38. The third kappa shape index (κ3) is 11.7. The Kier molecular flexibility index (Phi) is 14.3. The fourth-order valence-corrected chi connectivity index (χ4v) is 6.68. The number of pyridine rings is 3. The number of nitrogens with zero attached hydrogens (tertiary/aromatic N) is 5. The summed E-state index contributed by atoms with van der Waals surface area (Å²) in [5, 5.41) is 15.4. The number of rotatable bonds is 13. The Bertz CT molecular complexity index is 2230. The number of aliphatic hydroxyl groups is 1. The van der Waals surface area contributed by atoms with Gasteiger partial charge in [-0.3, -0.25) is 19.6 Å². The second kappa shape index (κ2) is 19.0. The molecule has 4 heterocycles. The summed E-state index contributed by atoms with van der Waals surface area (Å²) in [5.41, 5.74) is 1.77. The quantitative estimate of drug-likeness (QED) is 0.123. The van der Waals surface area contributed by atoms with Crippen LogP contribution in [-0.2, 0) is 27.4 Å². The number of aliphatic hydroxyl groups excluding tert-OH is 1. The van der Waals surface area contributed by atoms with E-state index in [1.807, 2.05) is 0 Å². The van der Waals surface area contributed by atoms with Crippen LogP contribution in [0.3, 0.4) is 0 Å². The van der Waals surface area contributed by atoms with Gasteiger partial charge in [0, 0.05) is 60.8 Å². The Morgan fingerprint density at radius 2 is 1.68 bits per heavy atom. The Hall–Kier alpha value is -5.87. The lowest BCUT2D eigenvalue weighted by Crippen LogP contribution is -2.44. The molecule has 1 atom stereocenters. The van der Waals surface area contributed by atoms with E-state index >= 15 is 4.39 Å². The fraction of sp³-hybridized carbons (Fsp3) is 0.419. The number of hydrogen-bond donors (Lipinski definition) is 3. The summed E-state index contributed by atoms with van der Waals surface area (Å²) in [5.74, 6) is -1.39. The predicted octanol–water partition coefficient (Wildman–Crippen LogP) is 7.31. The van der Waals surface area contributed by atoms with Gasteiger partial charge in [-0.1, -0.05) is 29.8 Å². The molecule has 3 N–H and O–H groups in total. The maximum Gasteiger partial charge on any atom is 0.410 e. The van der Waals surface area contributed by atoms with E-state index in [-0.39, 0.29) is 72.6 Å². The molecule has 1 fully saturated rings. The molecule has 0 spiro atoms. The van der Waals surface area contributed by atoms with Crippen LogP contribution in [0.15, 0.2) is 54.9 Å². The first-order chi connectivity index (χ1) is 28.3. The second-order valence-electron chi connectivity index (χ2n) is 16.3. The van der Waals surface area contributed by atoms with Crippen molar-refractivity contribution >= 4 is 41.3 Å². The zero-order chi connectivity index (χ0) is 43.9. The largest absolute Gasteiger partial charge is 0.481 e. The molecule has 320 valence electrons. The highest BCUT2D eigenvalue weighted by molar-refractivity contribution is 6.35. The van der Waals surface area contributed by atoms with Crippen molar-refractivity contribution in [3.8, 4) is 28.4 Å². The van der Waals surface area contributed by atoms with Gasteiger partial charge in [-0.25, -0.2) is 19.0 Å². The average Bonchev–Trinajstić information content (AvgIpc) is 3.59. The lowest BCUT2D eigenvalue weighted by atomic mass is 10.0. The van der Waals surface area contributed by atoms with Gasteiger partial charge < -0.3 is 39.8 Å². The van der Waals surface area contributed by atoms with Gasteiger partial charge in [-0.2, -0.15) is 0 Å². The monoisotopic (exact) mass is 847 g/mol. The number of ether oxygens (including phenoxy) is 3. The van der Waals surface area contributed by atoms with Crippen molar-refractivity contribution < 1.29 is 42.9 Å². The zero-order valence-electron chi connectivity index (χ0n) is 35.0. The minimum absolute atomic E-state index is 0.00900. The van der Waals surface area contributed by atoms with Crippen LogP contribution in [0.5, 0.6) is 5.88 Å². The number of anilines is 1. The minimum Gasteiger partial charge on any atom is -0.481 e. The van der Waals surface area contributed by atoms with Crippen molar-refractivity contribution in [2.24, 2.45) is 0 Å². The first kappa shape index (κ1) is 45.2. The van der Waals surface area contributed by atoms with Gasteiger partial charge in [0.1, 0.15) is 22.7 Å². The molecule has 4 amide bonds. The molecule has 1 aromatic carbocycles. The number of benzene rings is 1. The van der Waals surface area contributed by atoms with Crippen molar-refractivity contribution in [1.29, 1.82) is 0 Å². The van der Waals surface area contributed by atoms with Gasteiger partial charge in [0.25, 0.3) is 5.91 Å². The van der Waals surface area contributed by atoms with Gasteiger partial charge in [-0.15, -0.1) is 0 Å². The molecule has 0 unspecified atom stereocenters. The van der Waals surface area contributed by atoms with E-state index in [1.54, 1.807) is 78.8 Å². The summed E-state index contributed by atoms with van der Waals surface area (Å²) < 4.78 is 32.7. The van der Waals surface area contributed by atoms with E-state index in [0.29, 0.717) is 46.5 Å². The number of hydrogen-bond acceptors (Lipinski definition) is 11. The predicted molar refractivity (Wildman–Crippen MR) is 223 cm³/mol. The summed E-state index contributed by atoms with van der Waals surface area (Å²) >= 11 is 6.99. The molecule has 0 radical (unpaired) electrons. The molecular weight excluding hydrogens is 797 g/mol. The third-order valence-electron chi connectivity index (χ3n) is 9.21. The Balaban J connectivity index is 1.36. The van der Waals surface area contributed by atoms with Crippen LogP contribution in [0, 0.1) is 12.7 Å². The molecule has 1 aliphatic rings. The van der Waals surface area contributed by atoms with Crippen LogP contribution in [0.1, 0.15) is 81.6 Å². The number of methoxy groups -OCH3 is 1. The maximum absolute atomic E-state index is 16.1. The first-order valence-electron chi connectivity index (χ1n) is 19.4. The average molecular weight is 848 g/mol. The smallest absolute Gasteiger partial charge is 0.410 e. The molecule has 0 bridgehead atoms. The maximum atomic E-state index is 16.1. The Morgan fingerprint density at radius 3 is 2.28 bits per heavy atom. The Morgan fingerprint density at radius 1 is 0.983 bits per heavy atom. The van der Waals surface area contributed by atoms with E-state index in [4.69, 9.17) is 25.8 Å². The van der Waals surface area contributed by atoms with Crippen LogP contribution >= 0.6 is 11.6 Å². The molecule has 5 rings (SSSR count). The normalized spacial score (nSPS) is 14.0. The second-order valence-corrected chi connectivity index (χ2v) is 16.6. The number of amides is 4. The van der Waals surface area contributed by atoms with E-state index in [9.17, 15) is 24.3 Å². The molecule has 15 nitrogen and oxygen atoms in total. The molecule has 60 heavy (non-hydrogen) atoms. The van der Waals surface area contributed by atoms with Gasteiger partial charge >= 0.3 is 12.2 Å². The summed E-state index contributed by atoms with van der Waals surface area (Å²) in [6.07, 6.45) is 2.57. The molecule has 3 aromatic heterocycles. The summed E-state index contributed by atoms with van der Waals surface area (Å²) in [4.78, 5) is 67.3. The van der Waals surface area contributed by atoms with Gasteiger partial charge in [-0.05, 0) is 84.2 Å². The van der Waals surface area contributed by atoms with E-state index < -0.39 is 35.1 Å². The zero-order valence-corrected chi connectivity index (χ0v) is 35.8. The molecule has 1 saturated heterocycles. The van der Waals surface area contributed by atoms with Crippen molar-refractivity contribution in [3.63, 3.8) is 0 Å². The van der Waals surface area contributed by atoms with E-state index in [0.717, 1.165) is 0 Å². The fourth-order valence-electron chi connectivity index (χ4n) is 6.37. The van der Waals surface area contributed by atoms with Gasteiger partial charge in [0.2, 0.25) is 11.8 Å². The molecule has 0 aliphatic carbocycles. The lowest BCUT2D eigenvalue weighted by molar-refractivity contribution is -0.119. The number of carbonyl (C=O) groups excluding carboxylic acids is 4. The van der Waals surface area contributed by atoms with Crippen molar-refractivity contribution in [3.05, 3.63) is 88.1 Å². The van der Waals surface area contributed by atoms with Gasteiger partial charge in [0.15, 0.2) is 0 Å². The van der Waals surface area contributed by atoms with Crippen molar-refractivity contribution in [1.82, 2.24) is 30.1 Å². The Labute approximate surface area is 353 Å². The van der Waals surface area contributed by atoms with Crippen molar-refractivity contribution in [2.75, 3.05) is 32.1 Å². The number of carbonyl (C=O) groups is 4. The van der Waals surface area contributed by atoms with E-state index in [2.05, 4.69) is 25.6 Å². The standard InChI is InChI=1S/C43H51ClFN7O8/c1-25-28(10-9-11-32(25)49-38(55)33-14-12-26(21-47-33)22-51(18-19-53)40(56)59-42(2,3)4)37-36(44)29(16-17-46-37)34-20-31(45)30(39(50-34)58-8)24-52(41(57)60-43(5,6)7)23-27-13-15-35(54)48-27/h9-12,14,16-17,20-21,27,53H,13,15,18-19,22-24H2,1-8H3,(H,48,54)(H,49,55)/t27-/m0/s1. The first-order valence-corrected chi connectivity index (χ1v) is 19.7. The third-order valence-corrected chi connectivity index (χ3v) is 9.59. The summed E-state index contributed by atoms with van der Waals surface area (Å²) in [6.45, 7) is 12.0. The van der Waals surface area contributed by atoms with Crippen LogP contribution in [-0.4, -0.2) is 97.9 Å². The molecule has 1 aliphatic heterocycles. The molecular formula is C43H51ClFN7O8. The number of aromatic nitrogens is 3. The summed E-state index contributed by atoms with van der Waals surface area (Å²) in [7, 11) is 1.34. The van der Waals surface area contributed by atoms with Crippen LogP contribution in [0.4, 0.5) is 19.7 Å². The van der Waals surface area contributed by atoms with E-state index in [1.165, 1.54) is 41.4 Å². The highest BCUT2D eigenvalue weighted by Gasteiger charge is 2.31. The molecule has 17 heteroatoms. The van der Waals surface area contributed by atoms with Gasteiger partial charge in [0.05, 0.1) is 48.8 Å². The van der Waals surface area contributed by atoms with Crippen molar-refractivity contribution in [2.45, 2.75) is 91.6 Å². The van der Waals surface area contributed by atoms with Crippen LogP contribution in [0.25, 0.3) is 22.5 Å². The highest BCUT2D eigenvalue weighted by atomic mass is 35.5. The van der Waals surface area contributed by atoms with Crippen LogP contribution < -0.4 is 15.4 Å². The molecule has 0 saturated carbocycles. The lowest BCUT2D eigenvalue weighted by Gasteiger charge is -2.29. The number of halogens is 2. The van der Waals surface area contributed by atoms with Crippen LogP contribution in [0.2, 0.25) is 5.02 Å². The number of nitrogens with one attached hydrogen (secondary N) is 2.